The summed E-state index contributed by atoms with van der Waals surface area (Å²) >= 11 is 0. The monoisotopic (exact) mass is 554 g/mol. The Kier molecular flexibility index (Phi) is 8.62. The summed E-state index contributed by atoms with van der Waals surface area (Å²) in [6.45, 7) is 0.151. The van der Waals surface area contributed by atoms with Gasteiger partial charge in [0.2, 0.25) is 5.91 Å². The number of hydrogen-bond acceptors (Lipinski definition) is 5. The van der Waals surface area contributed by atoms with Crippen LogP contribution in [0.4, 0.5) is 0 Å². The van der Waals surface area contributed by atoms with Crippen molar-refractivity contribution >= 4 is 22.7 Å². The lowest BCUT2D eigenvalue weighted by Crippen LogP contribution is -2.44. The Morgan fingerprint density at radius 2 is 1.66 bits per heavy atom. The molecule has 1 aliphatic rings. The van der Waals surface area contributed by atoms with Crippen molar-refractivity contribution in [2.75, 3.05) is 13.7 Å². The average molecular weight is 555 g/mol. The van der Waals surface area contributed by atoms with Crippen molar-refractivity contribution in [1.29, 1.82) is 0 Å². The minimum Gasteiger partial charge on any atom is -0.497 e. The van der Waals surface area contributed by atoms with E-state index in [-0.39, 0.29) is 35.3 Å². The number of nitrogens with zero attached hydrogens (tertiary/aromatic N) is 2. The number of ether oxygens (including phenoxy) is 1. The number of fused-ring (bicyclic) bond motifs is 1. The summed E-state index contributed by atoms with van der Waals surface area (Å²) in [6.07, 6.45) is 5.73. The van der Waals surface area contributed by atoms with E-state index < -0.39 is 11.2 Å². The molecule has 1 saturated carbocycles. The molecule has 0 atom stereocenters. The van der Waals surface area contributed by atoms with Gasteiger partial charge < -0.3 is 15.4 Å². The lowest BCUT2D eigenvalue weighted by molar-refractivity contribution is -0.122. The number of carbonyl (C=O) groups excluding carboxylic acids is 2. The smallest absolute Gasteiger partial charge is 0.336 e. The minimum absolute atomic E-state index is 0.0664. The third-order valence-electron chi connectivity index (χ3n) is 7.55. The number of rotatable bonds is 9. The van der Waals surface area contributed by atoms with E-state index in [4.69, 9.17) is 4.74 Å². The van der Waals surface area contributed by atoms with Crippen molar-refractivity contribution < 1.29 is 14.3 Å². The number of methoxy groups -OCH3 is 1. The second-order valence-corrected chi connectivity index (χ2v) is 10.3. The van der Waals surface area contributed by atoms with Gasteiger partial charge in [-0.3, -0.25) is 19.0 Å². The van der Waals surface area contributed by atoms with Crippen LogP contribution in [-0.2, 0) is 17.8 Å². The molecule has 1 aromatic heterocycles. The molecule has 9 nitrogen and oxygen atoms in total. The van der Waals surface area contributed by atoms with E-state index in [1.807, 2.05) is 30.3 Å². The standard InChI is InChI=1S/C32H34N4O5/c1-41-26-15-13-25(14-16-26)36-31(39)27-17-12-23(30(38)33-19-18-22-8-4-2-5-9-22)20-28(27)35(32(36)40)21-29(37)34-24-10-6-3-7-11-24/h2,4-5,8-9,12-17,20,24H,3,6-7,10-11,18-19,21H2,1H3,(H,33,38)(H,34,37). The summed E-state index contributed by atoms with van der Waals surface area (Å²) in [5.74, 6) is -0.0524. The molecule has 9 heteroatoms. The Morgan fingerprint density at radius 3 is 2.37 bits per heavy atom. The maximum absolute atomic E-state index is 13.8. The Balaban J connectivity index is 1.50. The molecule has 41 heavy (non-hydrogen) atoms. The molecule has 0 aliphatic heterocycles. The van der Waals surface area contributed by atoms with Gasteiger partial charge in [0, 0.05) is 18.2 Å². The lowest BCUT2D eigenvalue weighted by Gasteiger charge is -2.23. The van der Waals surface area contributed by atoms with Gasteiger partial charge in [0.25, 0.3) is 11.5 Å². The molecule has 0 unspecified atom stereocenters. The first kappa shape index (κ1) is 27.9. The molecule has 1 heterocycles. The van der Waals surface area contributed by atoms with Crippen LogP contribution in [0.5, 0.6) is 5.75 Å². The maximum Gasteiger partial charge on any atom is 0.336 e. The van der Waals surface area contributed by atoms with E-state index in [9.17, 15) is 19.2 Å². The van der Waals surface area contributed by atoms with Gasteiger partial charge in [-0.2, -0.15) is 0 Å². The summed E-state index contributed by atoms with van der Waals surface area (Å²) in [5.41, 5.74) is 0.797. The van der Waals surface area contributed by atoms with Gasteiger partial charge in [0.05, 0.1) is 23.7 Å². The predicted molar refractivity (Wildman–Crippen MR) is 158 cm³/mol. The van der Waals surface area contributed by atoms with Gasteiger partial charge in [-0.25, -0.2) is 9.36 Å². The van der Waals surface area contributed by atoms with E-state index in [0.717, 1.165) is 42.2 Å². The normalized spacial score (nSPS) is 13.6. The summed E-state index contributed by atoms with van der Waals surface area (Å²) in [6, 6.07) is 21.1. The number of nitrogens with one attached hydrogen (secondary N) is 2. The summed E-state index contributed by atoms with van der Waals surface area (Å²) in [7, 11) is 1.53. The van der Waals surface area contributed by atoms with E-state index in [2.05, 4.69) is 10.6 Å². The fourth-order valence-corrected chi connectivity index (χ4v) is 5.35. The topological polar surface area (TPSA) is 111 Å². The second kappa shape index (κ2) is 12.7. The molecule has 3 aromatic carbocycles. The highest BCUT2D eigenvalue weighted by Crippen LogP contribution is 2.18. The van der Waals surface area contributed by atoms with E-state index >= 15 is 0 Å². The van der Waals surface area contributed by atoms with Crippen molar-refractivity contribution in [3.05, 3.63) is 105 Å². The van der Waals surface area contributed by atoms with Crippen LogP contribution in [0, 0.1) is 0 Å². The second-order valence-electron chi connectivity index (χ2n) is 10.3. The van der Waals surface area contributed by atoms with Gasteiger partial charge in [0.15, 0.2) is 0 Å². The molecule has 0 bridgehead atoms. The largest absolute Gasteiger partial charge is 0.497 e. The quantitative estimate of drug-likeness (QED) is 0.329. The SMILES string of the molecule is COc1ccc(-n2c(=O)c3ccc(C(=O)NCCc4ccccc4)cc3n(CC(=O)NC3CCCCC3)c2=O)cc1. The third kappa shape index (κ3) is 6.40. The van der Waals surface area contributed by atoms with Crippen LogP contribution in [0.25, 0.3) is 16.6 Å². The van der Waals surface area contributed by atoms with Crippen LogP contribution < -0.4 is 26.6 Å². The molecule has 0 radical (unpaired) electrons. The van der Waals surface area contributed by atoms with Crippen molar-refractivity contribution in [1.82, 2.24) is 19.8 Å². The summed E-state index contributed by atoms with van der Waals surface area (Å²) < 4.78 is 7.54. The molecule has 2 amide bonds. The number of carbonyl (C=O) groups is 2. The van der Waals surface area contributed by atoms with E-state index in [0.29, 0.717) is 30.0 Å². The van der Waals surface area contributed by atoms with Crippen molar-refractivity contribution in [3.63, 3.8) is 0 Å². The molecule has 2 N–H and O–H groups in total. The maximum atomic E-state index is 13.8. The Hall–Kier alpha value is -4.66. The fourth-order valence-electron chi connectivity index (χ4n) is 5.35. The Labute approximate surface area is 237 Å². The zero-order valence-corrected chi connectivity index (χ0v) is 23.1. The zero-order chi connectivity index (χ0) is 28.8. The van der Waals surface area contributed by atoms with Crippen molar-refractivity contribution in [2.24, 2.45) is 0 Å². The van der Waals surface area contributed by atoms with Crippen LogP contribution in [0.2, 0.25) is 0 Å². The van der Waals surface area contributed by atoms with Gasteiger partial charge >= 0.3 is 5.69 Å². The lowest BCUT2D eigenvalue weighted by atomic mass is 9.95. The summed E-state index contributed by atoms with van der Waals surface area (Å²) in [5, 5.41) is 6.18. The molecular weight excluding hydrogens is 520 g/mol. The molecule has 5 rings (SSSR count). The number of aromatic nitrogens is 2. The highest BCUT2D eigenvalue weighted by molar-refractivity contribution is 5.98. The van der Waals surface area contributed by atoms with Crippen LogP contribution in [-0.4, -0.2) is 40.6 Å². The zero-order valence-electron chi connectivity index (χ0n) is 23.1. The first-order valence-electron chi connectivity index (χ1n) is 14.0. The Bertz CT molecular complexity index is 1650. The molecule has 0 spiro atoms. The van der Waals surface area contributed by atoms with Crippen LogP contribution >= 0.6 is 0 Å². The van der Waals surface area contributed by atoms with Crippen LogP contribution in [0.15, 0.2) is 82.4 Å². The van der Waals surface area contributed by atoms with Crippen molar-refractivity contribution in [2.45, 2.75) is 51.1 Å². The Morgan fingerprint density at radius 1 is 0.927 bits per heavy atom. The minimum atomic E-state index is -0.659. The van der Waals surface area contributed by atoms with Crippen LogP contribution in [0.3, 0.4) is 0 Å². The highest BCUT2D eigenvalue weighted by Gasteiger charge is 2.21. The molecule has 1 aliphatic carbocycles. The van der Waals surface area contributed by atoms with E-state index in [1.54, 1.807) is 36.4 Å². The molecule has 1 fully saturated rings. The first-order valence-corrected chi connectivity index (χ1v) is 14.0. The van der Waals surface area contributed by atoms with Gasteiger partial charge in [0.1, 0.15) is 12.3 Å². The van der Waals surface area contributed by atoms with Gasteiger partial charge in [-0.15, -0.1) is 0 Å². The number of amides is 2. The number of benzene rings is 3. The fraction of sp³-hybridized carbons (Fsp3) is 0.312. The summed E-state index contributed by atoms with van der Waals surface area (Å²) in [4.78, 5) is 53.6. The predicted octanol–water partition coefficient (Wildman–Crippen LogP) is 3.58. The average Bonchev–Trinajstić information content (AvgIpc) is 3.00. The highest BCUT2D eigenvalue weighted by atomic mass is 16.5. The molecule has 0 saturated heterocycles. The van der Waals surface area contributed by atoms with E-state index in [1.165, 1.54) is 17.7 Å². The van der Waals surface area contributed by atoms with Gasteiger partial charge in [-0.1, -0.05) is 49.6 Å². The van der Waals surface area contributed by atoms with Gasteiger partial charge in [-0.05, 0) is 67.3 Å². The van der Waals surface area contributed by atoms with Crippen molar-refractivity contribution in [3.8, 4) is 11.4 Å². The van der Waals surface area contributed by atoms with Crippen LogP contribution in [0.1, 0.15) is 48.0 Å². The molecule has 4 aromatic rings. The molecular formula is C32H34N4O5. The number of hydrogen-bond donors (Lipinski definition) is 2. The molecule has 212 valence electrons. The third-order valence-corrected chi connectivity index (χ3v) is 7.55. The first-order chi connectivity index (χ1) is 19.9.